The summed E-state index contributed by atoms with van der Waals surface area (Å²) in [6.07, 6.45) is 2.32. The number of hydrogen-bond donors (Lipinski definition) is 0. The maximum Gasteiger partial charge on any atom is 0.229 e. The minimum atomic E-state index is -0.0470. The first-order chi connectivity index (χ1) is 8.54. The predicted molar refractivity (Wildman–Crippen MR) is 66.3 cm³/mol. The van der Waals surface area contributed by atoms with Crippen molar-refractivity contribution >= 4 is 0 Å². The van der Waals surface area contributed by atoms with Crippen molar-refractivity contribution in [1.82, 2.24) is 15.0 Å². The van der Waals surface area contributed by atoms with Gasteiger partial charge in [0.15, 0.2) is 0 Å². The van der Waals surface area contributed by atoms with Gasteiger partial charge in [-0.1, -0.05) is 5.16 Å². The van der Waals surface area contributed by atoms with E-state index in [0.29, 0.717) is 11.7 Å². The summed E-state index contributed by atoms with van der Waals surface area (Å²) < 4.78 is 11.1. The van der Waals surface area contributed by atoms with Crippen LogP contribution in [0.1, 0.15) is 57.3 Å². The van der Waals surface area contributed by atoms with E-state index < -0.39 is 0 Å². The SMILES string of the molecule is CC(C)(C)N1CCOC(c2noc(C3CC3)n2)C1. The average molecular weight is 251 g/mol. The second-order valence-electron chi connectivity index (χ2n) is 6.24. The molecule has 18 heavy (non-hydrogen) atoms. The lowest BCUT2D eigenvalue weighted by atomic mass is 10.0. The zero-order chi connectivity index (χ0) is 12.8. The second kappa shape index (κ2) is 4.31. The summed E-state index contributed by atoms with van der Waals surface area (Å²) in [5.74, 6) is 2.01. The zero-order valence-electron chi connectivity index (χ0n) is 11.3. The van der Waals surface area contributed by atoms with Gasteiger partial charge >= 0.3 is 0 Å². The molecule has 0 N–H and O–H groups in total. The highest BCUT2D eigenvalue weighted by molar-refractivity contribution is 5.04. The first-order valence-corrected chi connectivity index (χ1v) is 6.74. The quantitative estimate of drug-likeness (QED) is 0.806. The maximum absolute atomic E-state index is 5.78. The number of aromatic nitrogens is 2. The van der Waals surface area contributed by atoms with Crippen molar-refractivity contribution < 1.29 is 9.26 Å². The molecule has 0 aromatic carbocycles. The number of hydrogen-bond acceptors (Lipinski definition) is 5. The van der Waals surface area contributed by atoms with Gasteiger partial charge in [0.1, 0.15) is 6.10 Å². The molecular formula is C13H21N3O2. The Balaban J connectivity index is 1.70. The summed E-state index contributed by atoms with van der Waals surface area (Å²) in [5, 5.41) is 4.08. The molecule has 0 spiro atoms. The van der Waals surface area contributed by atoms with E-state index in [-0.39, 0.29) is 11.6 Å². The van der Waals surface area contributed by atoms with Crippen molar-refractivity contribution in [3.63, 3.8) is 0 Å². The lowest BCUT2D eigenvalue weighted by Gasteiger charge is -2.40. The Morgan fingerprint density at radius 3 is 2.72 bits per heavy atom. The highest BCUT2D eigenvalue weighted by atomic mass is 16.5. The van der Waals surface area contributed by atoms with Crippen LogP contribution >= 0.6 is 0 Å². The smallest absolute Gasteiger partial charge is 0.229 e. The Labute approximate surface area is 107 Å². The topological polar surface area (TPSA) is 51.4 Å². The van der Waals surface area contributed by atoms with Crippen LogP contribution in [0.15, 0.2) is 4.52 Å². The standard InChI is InChI=1S/C13H21N3O2/c1-13(2,3)16-6-7-17-10(8-16)11-14-12(18-15-11)9-4-5-9/h9-10H,4-8H2,1-3H3. The molecule has 1 aromatic heterocycles. The number of nitrogens with zero attached hydrogens (tertiary/aromatic N) is 3. The molecule has 1 unspecified atom stereocenters. The van der Waals surface area contributed by atoms with Crippen molar-refractivity contribution in [3.05, 3.63) is 11.7 Å². The minimum absolute atomic E-state index is 0.0470. The fourth-order valence-electron chi connectivity index (χ4n) is 2.29. The number of ether oxygens (including phenoxy) is 1. The van der Waals surface area contributed by atoms with Gasteiger partial charge in [-0.2, -0.15) is 4.98 Å². The molecule has 1 aromatic rings. The Hall–Kier alpha value is -0.940. The van der Waals surface area contributed by atoms with Gasteiger partial charge in [-0.25, -0.2) is 0 Å². The van der Waals surface area contributed by atoms with Gasteiger partial charge < -0.3 is 9.26 Å². The van der Waals surface area contributed by atoms with Crippen LogP contribution in [0.25, 0.3) is 0 Å². The molecule has 5 heteroatoms. The first kappa shape index (κ1) is 12.1. The Bertz CT molecular complexity index is 420. The van der Waals surface area contributed by atoms with Gasteiger partial charge in [-0.15, -0.1) is 0 Å². The summed E-state index contributed by atoms with van der Waals surface area (Å²) in [5.41, 5.74) is 0.158. The van der Waals surface area contributed by atoms with Crippen LogP contribution in [0.3, 0.4) is 0 Å². The summed E-state index contributed by atoms with van der Waals surface area (Å²) in [4.78, 5) is 6.89. The van der Waals surface area contributed by atoms with E-state index in [9.17, 15) is 0 Å². The average Bonchev–Trinajstić information content (AvgIpc) is 3.06. The van der Waals surface area contributed by atoms with E-state index in [1.807, 2.05) is 0 Å². The lowest BCUT2D eigenvalue weighted by molar-refractivity contribution is -0.0638. The van der Waals surface area contributed by atoms with Crippen LogP contribution in [0.2, 0.25) is 0 Å². The molecule has 5 nitrogen and oxygen atoms in total. The largest absolute Gasteiger partial charge is 0.367 e. The first-order valence-electron chi connectivity index (χ1n) is 6.74. The van der Waals surface area contributed by atoms with Crippen molar-refractivity contribution in [3.8, 4) is 0 Å². The van der Waals surface area contributed by atoms with E-state index in [4.69, 9.17) is 9.26 Å². The lowest BCUT2D eigenvalue weighted by Crippen LogP contribution is -2.49. The van der Waals surface area contributed by atoms with Crippen LogP contribution in [0.4, 0.5) is 0 Å². The molecular weight excluding hydrogens is 230 g/mol. The number of morpholine rings is 1. The second-order valence-corrected chi connectivity index (χ2v) is 6.24. The molecule has 0 amide bonds. The third kappa shape index (κ3) is 2.42. The fourth-order valence-corrected chi connectivity index (χ4v) is 2.29. The van der Waals surface area contributed by atoms with Gasteiger partial charge in [0.2, 0.25) is 11.7 Å². The van der Waals surface area contributed by atoms with Gasteiger partial charge in [0.25, 0.3) is 0 Å². The van der Waals surface area contributed by atoms with E-state index in [1.54, 1.807) is 0 Å². The molecule has 2 fully saturated rings. The van der Waals surface area contributed by atoms with Gasteiger partial charge in [0.05, 0.1) is 6.61 Å². The Morgan fingerprint density at radius 2 is 2.06 bits per heavy atom. The monoisotopic (exact) mass is 251 g/mol. The van der Waals surface area contributed by atoms with Crippen molar-refractivity contribution in [1.29, 1.82) is 0 Å². The van der Waals surface area contributed by atoms with E-state index in [2.05, 4.69) is 35.8 Å². The van der Waals surface area contributed by atoms with Gasteiger partial charge in [-0.05, 0) is 33.6 Å². The van der Waals surface area contributed by atoms with Crippen molar-refractivity contribution in [2.24, 2.45) is 0 Å². The molecule has 1 aliphatic heterocycles. The molecule has 0 radical (unpaired) electrons. The fraction of sp³-hybridized carbons (Fsp3) is 0.846. The third-order valence-electron chi connectivity index (χ3n) is 3.69. The van der Waals surface area contributed by atoms with E-state index >= 15 is 0 Å². The van der Waals surface area contributed by atoms with Crippen LogP contribution in [0, 0.1) is 0 Å². The molecule has 1 atom stereocenters. The summed E-state index contributed by atoms with van der Waals surface area (Å²) >= 11 is 0. The van der Waals surface area contributed by atoms with Crippen LogP contribution < -0.4 is 0 Å². The molecule has 2 heterocycles. The number of rotatable bonds is 2. The molecule has 1 saturated carbocycles. The van der Waals surface area contributed by atoms with Crippen LogP contribution in [0.5, 0.6) is 0 Å². The molecule has 1 aliphatic carbocycles. The molecule has 1 saturated heterocycles. The van der Waals surface area contributed by atoms with Gasteiger partial charge in [0, 0.05) is 24.5 Å². The highest BCUT2D eigenvalue weighted by Gasteiger charge is 2.34. The molecule has 3 rings (SSSR count). The molecule has 0 bridgehead atoms. The van der Waals surface area contributed by atoms with Crippen LogP contribution in [-0.4, -0.2) is 40.3 Å². The summed E-state index contributed by atoms with van der Waals surface area (Å²) in [7, 11) is 0. The minimum Gasteiger partial charge on any atom is -0.367 e. The van der Waals surface area contributed by atoms with Gasteiger partial charge in [-0.3, -0.25) is 4.90 Å². The Morgan fingerprint density at radius 1 is 1.28 bits per heavy atom. The third-order valence-corrected chi connectivity index (χ3v) is 3.69. The zero-order valence-corrected chi connectivity index (χ0v) is 11.3. The summed E-state index contributed by atoms with van der Waals surface area (Å²) in [6.45, 7) is 9.21. The predicted octanol–water partition coefficient (Wildman–Crippen LogP) is 2.12. The van der Waals surface area contributed by atoms with E-state index in [0.717, 1.165) is 25.6 Å². The van der Waals surface area contributed by atoms with Crippen molar-refractivity contribution in [2.45, 2.75) is 51.2 Å². The van der Waals surface area contributed by atoms with Crippen molar-refractivity contribution in [2.75, 3.05) is 19.7 Å². The molecule has 2 aliphatic rings. The Kier molecular flexibility index (Phi) is 2.90. The normalized spacial score (nSPS) is 26.5. The van der Waals surface area contributed by atoms with Crippen LogP contribution in [-0.2, 0) is 4.74 Å². The maximum atomic E-state index is 5.78. The highest BCUT2D eigenvalue weighted by Crippen LogP contribution is 2.39. The van der Waals surface area contributed by atoms with E-state index in [1.165, 1.54) is 12.8 Å². The molecule has 100 valence electrons. The summed E-state index contributed by atoms with van der Waals surface area (Å²) in [6, 6.07) is 0.